The molecule has 1 aliphatic rings. The van der Waals surface area contributed by atoms with Crippen molar-refractivity contribution in [2.24, 2.45) is 0 Å². The molecule has 0 bridgehead atoms. The van der Waals surface area contributed by atoms with Gasteiger partial charge in [-0.15, -0.1) is 10.2 Å². The van der Waals surface area contributed by atoms with Crippen LogP contribution in [0.25, 0.3) is 11.3 Å². The fourth-order valence-electron chi connectivity index (χ4n) is 4.09. The van der Waals surface area contributed by atoms with E-state index < -0.39 is 10.0 Å². The van der Waals surface area contributed by atoms with Crippen LogP contribution in [-0.4, -0.2) is 38.3 Å². The van der Waals surface area contributed by atoms with Crippen LogP contribution in [0.15, 0.2) is 59.5 Å². The standard InChI is InChI=1S/C26H32N4O3S/c1-4-33-24-13-11-20(19(2)3)18-25(24)34(31,32)29-22-10-8-9-21(17-22)23-12-14-26(28-27-23)30-15-6-5-7-16-30/h8-14,17-19,29H,4-7,15-16H2,1-3H3. The highest BCUT2D eigenvalue weighted by Crippen LogP contribution is 2.31. The van der Waals surface area contributed by atoms with E-state index in [2.05, 4.69) is 19.8 Å². The van der Waals surface area contributed by atoms with E-state index in [0.717, 1.165) is 30.0 Å². The molecule has 4 rings (SSSR count). The molecule has 34 heavy (non-hydrogen) atoms. The summed E-state index contributed by atoms with van der Waals surface area (Å²) in [6.07, 6.45) is 3.62. The van der Waals surface area contributed by atoms with Gasteiger partial charge in [0.1, 0.15) is 10.6 Å². The third kappa shape index (κ3) is 5.50. The van der Waals surface area contributed by atoms with Crippen LogP contribution >= 0.6 is 0 Å². The molecule has 1 fully saturated rings. The number of sulfonamides is 1. The van der Waals surface area contributed by atoms with Gasteiger partial charge in [0.05, 0.1) is 12.3 Å². The quantitative estimate of drug-likeness (QED) is 0.461. The molecule has 0 saturated carbocycles. The Bertz CT molecular complexity index is 1220. The van der Waals surface area contributed by atoms with Gasteiger partial charge in [-0.1, -0.05) is 32.0 Å². The largest absolute Gasteiger partial charge is 0.492 e. The molecule has 7 nitrogen and oxygen atoms in total. The van der Waals surface area contributed by atoms with E-state index in [4.69, 9.17) is 4.74 Å². The minimum absolute atomic E-state index is 0.136. The highest BCUT2D eigenvalue weighted by atomic mass is 32.2. The van der Waals surface area contributed by atoms with Crippen molar-refractivity contribution in [3.05, 3.63) is 60.2 Å². The topological polar surface area (TPSA) is 84.4 Å². The van der Waals surface area contributed by atoms with Crippen molar-refractivity contribution in [1.82, 2.24) is 10.2 Å². The molecule has 1 N–H and O–H groups in total. The molecule has 1 saturated heterocycles. The van der Waals surface area contributed by atoms with Crippen LogP contribution in [0.1, 0.15) is 51.5 Å². The first-order valence-electron chi connectivity index (χ1n) is 11.9. The Hall–Kier alpha value is -3.13. The number of nitrogens with zero attached hydrogens (tertiary/aromatic N) is 3. The molecule has 0 aliphatic carbocycles. The second-order valence-electron chi connectivity index (χ2n) is 8.80. The van der Waals surface area contributed by atoms with Crippen LogP contribution in [0.4, 0.5) is 11.5 Å². The molecule has 2 heterocycles. The number of nitrogens with one attached hydrogen (secondary N) is 1. The molecule has 0 radical (unpaired) electrons. The highest BCUT2D eigenvalue weighted by molar-refractivity contribution is 7.92. The summed E-state index contributed by atoms with van der Waals surface area (Å²) >= 11 is 0. The Morgan fingerprint density at radius 1 is 1.00 bits per heavy atom. The van der Waals surface area contributed by atoms with Crippen molar-refractivity contribution in [3.8, 4) is 17.0 Å². The third-order valence-corrected chi connectivity index (χ3v) is 7.37. The molecular formula is C26H32N4O3S. The Morgan fingerprint density at radius 3 is 2.47 bits per heavy atom. The molecule has 0 unspecified atom stereocenters. The lowest BCUT2D eigenvalue weighted by Crippen LogP contribution is -2.30. The van der Waals surface area contributed by atoms with Crippen molar-refractivity contribution in [2.45, 2.75) is 50.8 Å². The van der Waals surface area contributed by atoms with Crippen molar-refractivity contribution in [3.63, 3.8) is 0 Å². The molecule has 1 aliphatic heterocycles. The van der Waals surface area contributed by atoms with Gasteiger partial charge in [-0.05, 0) is 74.1 Å². The maximum absolute atomic E-state index is 13.3. The summed E-state index contributed by atoms with van der Waals surface area (Å²) in [7, 11) is -3.86. The van der Waals surface area contributed by atoms with Crippen molar-refractivity contribution < 1.29 is 13.2 Å². The van der Waals surface area contributed by atoms with Gasteiger partial charge in [-0.25, -0.2) is 8.42 Å². The van der Waals surface area contributed by atoms with Crippen LogP contribution in [0, 0.1) is 0 Å². The molecule has 3 aromatic rings. The Morgan fingerprint density at radius 2 is 1.79 bits per heavy atom. The molecular weight excluding hydrogens is 448 g/mol. The van der Waals surface area contributed by atoms with E-state index in [1.807, 2.05) is 45.0 Å². The zero-order chi connectivity index (χ0) is 24.1. The van der Waals surface area contributed by atoms with Crippen molar-refractivity contribution in [1.29, 1.82) is 0 Å². The second kappa shape index (κ2) is 10.4. The Kier molecular flexibility index (Phi) is 7.36. The summed E-state index contributed by atoms with van der Waals surface area (Å²) in [5.41, 5.74) is 2.87. The van der Waals surface area contributed by atoms with E-state index in [1.165, 1.54) is 19.3 Å². The lowest BCUT2D eigenvalue weighted by molar-refractivity contribution is 0.331. The summed E-state index contributed by atoms with van der Waals surface area (Å²) in [6.45, 7) is 8.29. The predicted octanol–water partition coefficient (Wildman–Crippen LogP) is 5.46. The number of aromatic nitrogens is 2. The first-order valence-corrected chi connectivity index (χ1v) is 13.3. The van der Waals surface area contributed by atoms with E-state index in [0.29, 0.717) is 23.7 Å². The zero-order valence-electron chi connectivity index (χ0n) is 20.0. The summed E-state index contributed by atoms with van der Waals surface area (Å²) in [6, 6.07) is 16.4. The maximum Gasteiger partial charge on any atom is 0.265 e. The van der Waals surface area contributed by atoms with Crippen LogP contribution in [0.5, 0.6) is 5.75 Å². The number of ether oxygens (including phenoxy) is 1. The first-order chi connectivity index (χ1) is 16.4. The number of piperidine rings is 1. The van der Waals surface area contributed by atoms with Gasteiger partial charge in [-0.3, -0.25) is 4.72 Å². The summed E-state index contributed by atoms with van der Waals surface area (Å²) in [5, 5.41) is 8.81. The number of rotatable bonds is 8. The van der Waals surface area contributed by atoms with Gasteiger partial charge in [0.15, 0.2) is 5.82 Å². The SMILES string of the molecule is CCOc1ccc(C(C)C)cc1S(=O)(=O)Nc1cccc(-c2ccc(N3CCCCC3)nn2)c1. The van der Waals surface area contributed by atoms with E-state index in [9.17, 15) is 8.42 Å². The van der Waals surface area contributed by atoms with Gasteiger partial charge in [0, 0.05) is 24.3 Å². The van der Waals surface area contributed by atoms with Crippen molar-refractivity contribution >= 4 is 21.5 Å². The molecule has 1 aromatic heterocycles. The minimum atomic E-state index is -3.86. The van der Waals surface area contributed by atoms with E-state index in [1.54, 1.807) is 30.3 Å². The molecule has 180 valence electrons. The number of benzene rings is 2. The van der Waals surface area contributed by atoms with E-state index in [-0.39, 0.29) is 10.8 Å². The maximum atomic E-state index is 13.3. The fraction of sp³-hybridized carbons (Fsp3) is 0.385. The van der Waals surface area contributed by atoms with Crippen LogP contribution in [-0.2, 0) is 10.0 Å². The number of anilines is 2. The normalized spacial score (nSPS) is 14.3. The Balaban J connectivity index is 1.58. The first kappa shape index (κ1) is 24.0. The fourth-order valence-corrected chi connectivity index (χ4v) is 5.32. The van der Waals surface area contributed by atoms with Crippen LogP contribution < -0.4 is 14.4 Å². The average molecular weight is 481 g/mol. The highest BCUT2D eigenvalue weighted by Gasteiger charge is 2.22. The second-order valence-corrected chi connectivity index (χ2v) is 10.5. The van der Waals surface area contributed by atoms with Gasteiger partial charge < -0.3 is 9.64 Å². The van der Waals surface area contributed by atoms with Gasteiger partial charge in [0.2, 0.25) is 0 Å². The monoisotopic (exact) mass is 480 g/mol. The van der Waals surface area contributed by atoms with Gasteiger partial charge in [-0.2, -0.15) is 0 Å². The Labute approximate surface area is 202 Å². The molecule has 0 amide bonds. The van der Waals surface area contributed by atoms with Crippen molar-refractivity contribution in [2.75, 3.05) is 29.3 Å². The minimum Gasteiger partial charge on any atom is -0.492 e. The van der Waals surface area contributed by atoms with E-state index >= 15 is 0 Å². The lowest BCUT2D eigenvalue weighted by atomic mass is 10.0. The van der Waals surface area contributed by atoms with Crippen LogP contribution in [0.3, 0.4) is 0 Å². The number of hydrogen-bond donors (Lipinski definition) is 1. The number of hydrogen-bond acceptors (Lipinski definition) is 6. The molecule has 2 aromatic carbocycles. The van der Waals surface area contributed by atoms with Crippen LogP contribution in [0.2, 0.25) is 0 Å². The molecule has 0 atom stereocenters. The summed E-state index contributed by atoms with van der Waals surface area (Å²) in [4.78, 5) is 2.39. The molecule has 8 heteroatoms. The van der Waals surface area contributed by atoms with Gasteiger partial charge >= 0.3 is 0 Å². The third-order valence-electron chi connectivity index (χ3n) is 5.96. The zero-order valence-corrected chi connectivity index (χ0v) is 20.8. The lowest BCUT2D eigenvalue weighted by Gasteiger charge is -2.27. The molecule has 0 spiro atoms. The smallest absolute Gasteiger partial charge is 0.265 e. The summed E-state index contributed by atoms with van der Waals surface area (Å²) < 4.78 is 34.9. The average Bonchev–Trinajstić information content (AvgIpc) is 2.85. The van der Waals surface area contributed by atoms with Gasteiger partial charge in [0.25, 0.3) is 10.0 Å². The summed E-state index contributed by atoms with van der Waals surface area (Å²) in [5.74, 6) is 1.42. The predicted molar refractivity (Wildman–Crippen MR) is 136 cm³/mol.